The van der Waals surface area contributed by atoms with Crippen LogP contribution in [0.2, 0.25) is 0 Å². The Bertz CT molecular complexity index is 440. The lowest BCUT2D eigenvalue weighted by atomic mass is 10.2. The summed E-state index contributed by atoms with van der Waals surface area (Å²) in [6.45, 7) is 3.75. The van der Waals surface area contributed by atoms with Crippen molar-refractivity contribution in [2.45, 2.75) is 20.3 Å². The fraction of sp³-hybridized carbons (Fsp3) is 0.455. The van der Waals surface area contributed by atoms with Crippen LogP contribution in [0.1, 0.15) is 40.3 Å². The highest BCUT2D eigenvalue weighted by Crippen LogP contribution is 2.36. The van der Waals surface area contributed by atoms with Crippen molar-refractivity contribution in [3.05, 3.63) is 10.4 Å². The highest BCUT2D eigenvalue weighted by molar-refractivity contribution is 7.19. The Labute approximate surface area is 104 Å². The zero-order valence-electron chi connectivity index (χ0n) is 10.1. The van der Waals surface area contributed by atoms with Crippen molar-refractivity contribution >= 4 is 33.8 Å². The van der Waals surface area contributed by atoms with Crippen LogP contribution in [0, 0.1) is 0 Å². The topological polar surface area (TPSA) is 81.4 Å². The monoisotopic (exact) mass is 256 g/mol. The molecule has 94 valence electrons. The minimum atomic E-state index is -0.499. The lowest BCUT2D eigenvalue weighted by Crippen LogP contribution is -2.09. The summed E-state index contributed by atoms with van der Waals surface area (Å²) >= 11 is 1.19. The molecule has 6 heteroatoms. The molecule has 5 nitrogen and oxygen atoms in total. The number of thiophene rings is 1. The molecule has 0 aliphatic heterocycles. The van der Waals surface area contributed by atoms with Gasteiger partial charge in [-0.2, -0.15) is 0 Å². The molecule has 1 heterocycles. The lowest BCUT2D eigenvalue weighted by molar-refractivity contribution is 0.0529. The first kappa shape index (κ1) is 13.5. The maximum Gasteiger partial charge on any atom is 0.343 e. The molecule has 3 N–H and O–H groups in total. The molecule has 0 aromatic carbocycles. The number of hydrogen-bond acceptors (Lipinski definition) is 6. The average molecular weight is 256 g/mol. The van der Waals surface area contributed by atoms with Gasteiger partial charge in [-0.15, -0.1) is 11.3 Å². The Hall–Kier alpha value is -1.56. The van der Waals surface area contributed by atoms with Crippen LogP contribution < -0.4 is 11.1 Å². The fourth-order valence-corrected chi connectivity index (χ4v) is 2.47. The molecule has 0 atom stereocenters. The number of nitrogens with one attached hydrogen (secondary N) is 1. The van der Waals surface area contributed by atoms with Crippen molar-refractivity contribution in [2.75, 3.05) is 24.7 Å². The summed E-state index contributed by atoms with van der Waals surface area (Å²) in [5.41, 5.74) is 6.31. The number of anilines is 2. The summed E-state index contributed by atoms with van der Waals surface area (Å²) in [6, 6.07) is 0. The standard InChI is InChI=1S/C11H16N2O3S/c1-4-6(14)9-8(12)7(10(13-3)17-9)11(15)16-5-2/h13H,4-5,12H2,1-3H3. The number of ether oxygens (including phenoxy) is 1. The Morgan fingerprint density at radius 2 is 2.06 bits per heavy atom. The van der Waals surface area contributed by atoms with Crippen LogP contribution in [-0.4, -0.2) is 25.4 Å². The van der Waals surface area contributed by atoms with Gasteiger partial charge in [-0.05, 0) is 6.92 Å². The molecule has 0 aliphatic carbocycles. The van der Waals surface area contributed by atoms with Crippen molar-refractivity contribution in [1.29, 1.82) is 0 Å². The maximum atomic E-state index is 11.7. The van der Waals surface area contributed by atoms with E-state index in [9.17, 15) is 9.59 Å². The summed E-state index contributed by atoms with van der Waals surface area (Å²) in [5.74, 6) is -0.569. The third-order valence-electron chi connectivity index (χ3n) is 2.23. The molecule has 1 rings (SSSR count). The summed E-state index contributed by atoms with van der Waals surface area (Å²) in [5, 5.41) is 3.43. The average Bonchev–Trinajstić information content (AvgIpc) is 2.65. The van der Waals surface area contributed by atoms with Crippen LogP contribution >= 0.6 is 11.3 Å². The van der Waals surface area contributed by atoms with E-state index in [1.54, 1.807) is 20.9 Å². The van der Waals surface area contributed by atoms with Crippen molar-refractivity contribution in [2.24, 2.45) is 0 Å². The van der Waals surface area contributed by atoms with E-state index in [2.05, 4.69) is 5.32 Å². The van der Waals surface area contributed by atoms with Crippen molar-refractivity contribution in [3.63, 3.8) is 0 Å². The predicted molar refractivity (Wildman–Crippen MR) is 68.9 cm³/mol. The lowest BCUT2D eigenvalue weighted by Gasteiger charge is -2.03. The first-order valence-corrected chi connectivity index (χ1v) is 6.18. The molecule has 0 bridgehead atoms. The van der Waals surface area contributed by atoms with E-state index in [0.29, 0.717) is 16.3 Å². The normalized spacial score (nSPS) is 10.1. The highest BCUT2D eigenvalue weighted by Gasteiger charge is 2.25. The number of esters is 1. The summed E-state index contributed by atoms with van der Waals surface area (Å²) in [4.78, 5) is 23.8. The minimum absolute atomic E-state index is 0.0699. The van der Waals surface area contributed by atoms with E-state index >= 15 is 0 Å². The Morgan fingerprint density at radius 1 is 1.41 bits per heavy atom. The second-order valence-corrected chi connectivity index (χ2v) is 4.32. The molecule has 0 fully saturated rings. The van der Waals surface area contributed by atoms with Crippen molar-refractivity contribution in [1.82, 2.24) is 0 Å². The second kappa shape index (κ2) is 5.67. The second-order valence-electron chi connectivity index (χ2n) is 3.30. The smallest absolute Gasteiger partial charge is 0.343 e. The predicted octanol–water partition coefficient (Wildman–Crippen LogP) is 2.14. The fourth-order valence-electron chi connectivity index (χ4n) is 1.39. The summed E-state index contributed by atoms with van der Waals surface area (Å²) < 4.78 is 4.91. The molecule has 0 radical (unpaired) electrons. The van der Waals surface area contributed by atoms with E-state index in [1.165, 1.54) is 11.3 Å². The first-order chi connectivity index (χ1) is 8.06. The van der Waals surface area contributed by atoms with Gasteiger partial charge in [0.15, 0.2) is 5.78 Å². The van der Waals surface area contributed by atoms with Gasteiger partial charge in [-0.25, -0.2) is 4.79 Å². The molecule has 0 aliphatic rings. The van der Waals surface area contributed by atoms with Gasteiger partial charge in [0.05, 0.1) is 17.2 Å². The minimum Gasteiger partial charge on any atom is -0.462 e. The number of ketones is 1. The van der Waals surface area contributed by atoms with E-state index in [4.69, 9.17) is 10.5 Å². The molecular formula is C11H16N2O3S. The molecule has 0 unspecified atom stereocenters. The number of rotatable bonds is 5. The largest absolute Gasteiger partial charge is 0.462 e. The molecule has 0 saturated heterocycles. The van der Waals surface area contributed by atoms with E-state index in [-0.39, 0.29) is 23.6 Å². The van der Waals surface area contributed by atoms with Gasteiger partial charge in [0.2, 0.25) is 0 Å². The zero-order chi connectivity index (χ0) is 13.0. The van der Waals surface area contributed by atoms with Gasteiger partial charge >= 0.3 is 5.97 Å². The van der Waals surface area contributed by atoms with Gasteiger partial charge in [0, 0.05) is 13.5 Å². The third-order valence-corrected chi connectivity index (χ3v) is 3.49. The molecule has 17 heavy (non-hydrogen) atoms. The Balaban J connectivity index is 3.24. The van der Waals surface area contributed by atoms with Gasteiger partial charge < -0.3 is 15.8 Å². The van der Waals surface area contributed by atoms with E-state index < -0.39 is 5.97 Å². The van der Waals surface area contributed by atoms with E-state index in [1.807, 2.05) is 0 Å². The van der Waals surface area contributed by atoms with Gasteiger partial charge in [-0.1, -0.05) is 6.92 Å². The van der Waals surface area contributed by atoms with Crippen LogP contribution in [0.5, 0.6) is 0 Å². The van der Waals surface area contributed by atoms with Crippen LogP contribution in [-0.2, 0) is 4.74 Å². The van der Waals surface area contributed by atoms with Gasteiger partial charge in [0.1, 0.15) is 10.6 Å². The van der Waals surface area contributed by atoms with Gasteiger partial charge in [-0.3, -0.25) is 4.79 Å². The van der Waals surface area contributed by atoms with Gasteiger partial charge in [0.25, 0.3) is 0 Å². The zero-order valence-corrected chi connectivity index (χ0v) is 10.9. The molecule has 0 saturated carbocycles. The number of hydrogen-bond donors (Lipinski definition) is 2. The molecular weight excluding hydrogens is 240 g/mol. The number of nitrogens with two attached hydrogens (primary N) is 1. The van der Waals surface area contributed by atoms with Crippen LogP contribution in [0.4, 0.5) is 10.7 Å². The highest BCUT2D eigenvalue weighted by atomic mass is 32.1. The van der Waals surface area contributed by atoms with Crippen LogP contribution in [0.25, 0.3) is 0 Å². The van der Waals surface area contributed by atoms with Crippen molar-refractivity contribution < 1.29 is 14.3 Å². The Morgan fingerprint density at radius 3 is 2.53 bits per heavy atom. The van der Waals surface area contributed by atoms with Crippen LogP contribution in [0.3, 0.4) is 0 Å². The van der Waals surface area contributed by atoms with Crippen molar-refractivity contribution in [3.8, 4) is 0 Å². The quantitative estimate of drug-likeness (QED) is 0.623. The van der Waals surface area contributed by atoms with E-state index in [0.717, 1.165) is 0 Å². The summed E-state index contributed by atoms with van der Waals surface area (Å²) in [7, 11) is 1.67. The molecule has 0 spiro atoms. The Kier molecular flexibility index (Phi) is 4.51. The maximum absolute atomic E-state index is 11.7. The number of nitrogen functional groups attached to an aromatic ring is 1. The SMILES string of the molecule is CCOC(=O)c1c(NC)sc(C(=O)CC)c1N. The third kappa shape index (κ3) is 2.58. The molecule has 0 amide bonds. The molecule has 1 aromatic rings. The number of Topliss-reactive ketones (excluding diaryl/α,β-unsaturated/α-hetero) is 1. The number of carbonyl (C=O) groups excluding carboxylic acids is 2. The summed E-state index contributed by atoms with van der Waals surface area (Å²) in [6.07, 6.45) is 0.357. The molecule has 1 aromatic heterocycles. The first-order valence-electron chi connectivity index (χ1n) is 5.37. The van der Waals surface area contributed by atoms with Crippen LogP contribution in [0.15, 0.2) is 0 Å². The number of carbonyl (C=O) groups is 2.